The van der Waals surface area contributed by atoms with E-state index in [0.717, 1.165) is 17.7 Å². The maximum atomic E-state index is 13.1. The SMILES string of the molecule is CCNC(c1ccc(F)cc1)c1ccc2[nH]c(=O)oc2c1. The highest BCUT2D eigenvalue weighted by Gasteiger charge is 2.14. The summed E-state index contributed by atoms with van der Waals surface area (Å²) in [5.74, 6) is -0.731. The Balaban J connectivity index is 2.05. The van der Waals surface area contributed by atoms with Gasteiger partial charge in [-0.25, -0.2) is 9.18 Å². The van der Waals surface area contributed by atoms with Crippen LogP contribution in [0.25, 0.3) is 11.1 Å². The van der Waals surface area contributed by atoms with Crippen molar-refractivity contribution in [3.8, 4) is 0 Å². The third-order valence-electron chi connectivity index (χ3n) is 3.39. The van der Waals surface area contributed by atoms with Crippen LogP contribution in [-0.4, -0.2) is 11.5 Å². The summed E-state index contributed by atoms with van der Waals surface area (Å²) >= 11 is 0. The predicted octanol–water partition coefficient (Wildman–Crippen LogP) is 2.96. The Morgan fingerprint density at radius 3 is 2.62 bits per heavy atom. The summed E-state index contributed by atoms with van der Waals surface area (Å²) in [7, 11) is 0. The number of hydrogen-bond donors (Lipinski definition) is 2. The Morgan fingerprint density at radius 1 is 1.19 bits per heavy atom. The Morgan fingerprint density at radius 2 is 1.90 bits per heavy atom. The highest BCUT2D eigenvalue weighted by molar-refractivity contribution is 5.73. The van der Waals surface area contributed by atoms with Gasteiger partial charge in [-0.1, -0.05) is 25.1 Å². The third kappa shape index (κ3) is 2.73. The number of aromatic nitrogens is 1. The van der Waals surface area contributed by atoms with Crippen LogP contribution in [0.4, 0.5) is 4.39 Å². The molecule has 1 heterocycles. The zero-order chi connectivity index (χ0) is 14.8. The molecule has 4 nitrogen and oxygen atoms in total. The molecule has 3 rings (SSSR count). The summed E-state index contributed by atoms with van der Waals surface area (Å²) in [6.07, 6.45) is 0. The summed E-state index contributed by atoms with van der Waals surface area (Å²) in [6.45, 7) is 2.77. The molecule has 0 saturated carbocycles. The van der Waals surface area contributed by atoms with Crippen LogP contribution in [0.5, 0.6) is 0 Å². The number of nitrogens with one attached hydrogen (secondary N) is 2. The average molecular weight is 286 g/mol. The van der Waals surface area contributed by atoms with Crippen molar-refractivity contribution < 1.29 is 8.81 Å². The number of fused-ring (bicyclic) bond motifs is 1. The van der Waals surface area contributed by atoms with Crippen LogP contribution in [-0.2, 0) is 0 Å². The van der Waals surface area contributed by atoms with Gasteiger partial charge in [0.2, 0.25) is 0 Å². The fourth-order valence-electron chi connectivity index (χ4n) is 2.43. The number of rotatable bonds is 4. The van der Waals surface area contributed by atoms with Crippen molar-refractivity contribution in [1.82, 2.24) is 10.3 Å². The Kier molecular flexibility index (Phi) is 3.58. The highest BCUT2D eigenvalue weighted by atomic mass is 19.1. The predicted molar refractivity (Wildman–Crippen MR) is 78.8 cm³/mol. The first-order chi connectivity index (χ1) is 10.2. The third-order valence-corrected chi connectivity index (χ3v) is 3.39. The van der Waals surface area contributed by atoms with Crippen molar-refractivity contribution in [2.45, 2.75) is 13.0 Å². The second kappa shape index (κ2) is 5.54. The van der Waals surface area contributed by atoms with Crippen LogP contribution in [0.1, 0.15) is 24.1 Å². The summed E-state index contributed by atoms with van der Waals surface area (Å²) in [5.41, 5.74) is 3.09. The molecule has 3 aromatic rings. The van der Waals surface area contributed by atoms with E-state index in [-0.39, 0.29) is 11.9 Å². The number of oxazole rings is 1. The van der Waals surface area contributed by atoms with Crippen molar-refractivity contribution in [3.63, 3.8) is 0 Å². The largest absolute Gasteiger partial charge is 0.417 e. The quantitative estimate of drug-likeness (QED) is 0.775. The van der Waals surface area contributed by atoms with Crippen LogP contribution in [0, 0.1) is 5.82 Å². The van der Waals surface area contributed by atoms with E-state index >= 15 is 0 Å². The van der Waals surface area contributed by atoms with Gasteiger partial charge in [0.05, 0.1) is 11.6 Å². The van der Waals surface area contributed by atoms with Crippen LogP contribution in [0.2, 0.25) is 0 Å². The highest BCUT2D eigenvalue weighted by Crippen LogP contribution is 2.25. The van der Waals surface area contributed by atoms with Crippen molar-refractivity contribution in [1.29, 1.82) is 0 Å². The molecule has 1 atom stereocenters. The molecule has 0 fully saturated rings. The molecule has 0 aliphatic carbocycles. The first-order valence-corrected chi connectivity index (χ1v) is 6.79. The van der Waals surface area contributed by atoms with Crippen LogP contribution < -0.4 is 11.1 Å². The lowest BCUT2D eigenvalue weighted by Crippen LogP contribution is -2.21. The lowest BCUT2D eigenvalue weighted by atomic mass is 9.98. The first kappa shape index (κ1) is 13.6. The normalized spacial score (nSPS) is 12.7. The Labute approximate surface area is 120 Å². The minimum Gasteiger partial charge on any atom is -0.408 e. The van der Waals surface area contributed by atoms with Crippen LogP contribution >= 0.6 is 0 Å². The van der Waals surface area contributed by atoms with Crippen molar-refractivity contribution in [3.05, 3.63) is 70.0 Å². The molecule has 1 aromatic heterocycles. The van der Waals surface area contributed by atoms with Gasteiger partial charge in [0, 0.05) is 0 Å². The monoisotopic (exact) mass is 286 g/mol. The molecule has 0 radical (unpaired) electrons. The molecule has 2 aromatic carbocycles. The van der Waals surface area contributed by atoms with Gasteiger partial charge in [0.15, 0.2) is 5.58 Å². The molecule has 0 aliphatic rings. The topological polar surface area (TPSA) is 58.0 Å². The molecule has 0 amide bonds. The van der Waals surface area contributed by atoms with Crippen molar-refractivity contribution in [2.75, 3.05) is 6.54 Å². The smallest absolute Gasteiger partial charge is 0.408 e. The molecule has 0 bridgehead atoms. The van der Waals surface area contributed by atoms with E-state index in [1.807, 2.05) is 25.1 Å². The summed E-state index contributed by atoms with van der Waals surface area (Å²) in [5, 5.41) is 3.35. The maximum Gasteiger partial charge on any atom is 0.417 e. The van der Waals surface area contributed by atoms with Gasteiger partial charge in [0.1, 0.15) is 5.82 Å². The molecule has 108 valence electrons. The van der Waals surface area contributed by atoms with Crippen LogP contribution in [0.3, 0.4) is 0 Å². The zero-order valence-corrected chi connectivity index (χ0v) is 11.5. The van der Waals surface area contributed by atoms with Gasteiger partial charge in [-0.15, -0.1) is 0 Å². The van der Waals surface area contributed by atoms with Crippen LogP contribution in [0.15, 0.2) is 51.7 Å². The standard InChI is InChI=1S/C16H15FN2O2/c1-2-18-15(10-3-6-12(17)7-4-10)11-5-8-13-14(9-11)21-16(20)19-13/h3-9,15,18H,2H2,1H3,(H,19,20). The summed E-state index contributed by atoms with van der Waals surface area (Å²) < 4.78 is 18.2. The second-order valence-corrected chi connectivity index (χ2v) is 4.81. The lowest BCUT2D eigenvalue weighted by molar-refractivity contribution is 0.553. The molecule has 0 saturated heterocycles. The fourth-order valence-corrected chi connectivity index (χ4v) is 2.43. The van der Waals surface area contributed by atoms with Gasteiger partial charge in [-0.3, -0.25) is 4.98 Å². The van der Waals surface area contributed by atoms with Crippen molar-refractivity contribution >= 4 is 11.1 Å². The Bertz CT molecular complexity index is 805. The van der Waals surface area contributed by atoms with E-state index < -0.39 is 5.76 Å². The molecular formula is C16H15FN2O2. The number of aromatic amines is 1. The van der Waals surface area contributed by atoms with E-state index in [9.17, 15) is 9.18 Å². The second-order valence-electron chi connectivity index (χ2n) is 4.81. The average Bonchev–Trinajstić information content (AvgIpc) is 2.85. The number of halogens is 1. The Hall–Kier alpha value is -2.40. The van der Waals surface area contributed by atoms with E-state index in [0.29, 0.717) is 11.1 Å². The van der Waals surface area contributed by atoms with E-state index in [1.165, 1.54) is 12.1 Å². The summed E-state index contributed by atoms with van der Waals surface area (Å²) in [4.78, 5) is 13.8. The van der Waals surface area contributed by atoms with Gasteiger partial charge in [0.25, 0.3) is 0 Å². The lowest BCUT2D eigenvalue weighted by Gasteiger charge is -2.18. The molecule has 2 N–H and O–H groups in total. The fraction of sp³-hybridized carbons (Fsp3) is 0.188. The number of H-pyrrole nitrogens is 1. The zero-order valence-electron chi connectivity index (χ0n) is 11.5. The van der Waals surface area contributed by atoms with E-state index in [4.69, 9.17) is 4.42 Å². The molecule has 21 heavy (non-hydrogen) atoms. The first-order valence-electron chi connectivity index (χ1n) is 6.79. The molecule has 5 heteroatoms. The maximum absolute atomic E-state index is 13.1. The minimum atomic E-state index is -0.469. The van der Waals surface area contributed by atoms with Gasteiger partial charge < -0.3 is 9.73 Å². The molecule has 0 spiro atoms. The van der Waals surface area contributed by atoms with E-state index in [2.05, 4.69) is 10.3 Å². The number of benzene rings is 2. The molecule has 0 aliphatic heterocycles. The van der Waals surface area contributed by atoms with Gasteiger partial charge >= 0.3 is 5.76 Å². The minimum absolute atomic E-state index is 0.0831. The van der Waals surface area contributed by atoms with Crippen molar-refractivity contribution in [2.24, 2.45) is 0 Å². The van der Waals surface area contributed by atoms with E-state index in [1.54, 1.807) is 12.1 Å². The summed E-state index contributed by atoms with van der Waals surface area (Å²) in [6, 6.07) is 11.8. The molecule has 1 unspecified atom stereocenters. The van der Waals surface area contributed by atoms with Gasteiger partial charge in [-0.2, -0.15) is 0 Å². The van der Waals surface area contributed by atoms with Gasteiger partial charge in [-0.05, 0) is 41.9 Å². The molecular weight excluding hydrogens is 271 g/mol. The number of hydrogen-bond acceptors (Lipinski definition) is 3.